The van der Waals surface area contributed by atoms with Crippen LogP contribution in [0.4, 0.5) is 21.9 Å². The number of rotatable bonds is 4. The van der Waals surface area contributed by atoms with Crippen LogP contribution in [0.5, 0.6) is 0 Å². The van der Waals surface area contributed by atoms with Crippen LogP contribution in [0.1, 0.15) is 27.0 Å². The van der Waals surface area contributed by atoms with Gasteiger partial charge in [-0.25, -0.2) is 4.79 Å². The number of hydrogen-bond donors (Lipinski definition) is 2. The molecule has 5 nitrogen and oxygen atoms in total. The number of benzene rings is 4. The Morgan fingerprint density at radius 2 is 1.60 bits per heavy atom. The average Bonchev–Trinajstić information content (AvgIpc) is 2.97. The summed E-state index contributed by atoms with van der Waals surface area (Å²) >= 11 is 1.56. The Hall–Kier alpha value is -4.03. The van der Waals surface area contributed by atoms with Gasteiger partial charge in [-0.2, -0.15) is 0 Å². The van der Waals surface area contributed by atoms with Gasteiger partial charge in [0.15, 0.2) is 0 Å². The molecule has 0 spiro atoms. The molecule has 0 bridgehead atoms. The SMILES string of the molecule is Cc1ccc(C)c(NC(=O)Nc2ccc3c(c2)N(Cc2ccccc2)C(=O)c2ccccc2S3)c1. The molecule has 0 unspecified atom stereocenters. The first-order chi connectivity index (χ1) is 17.0. The third-order valence-electron chi connectivity index (χ3n) is 5.91. The van der Waals surface area contributed by atoms with Crippen LogP contribution in [-0.4, -0.2) is 11.9 Å². The van der Waals surface area contributed by atoms with Crippen molar-refractivity contribution in [1.82, 2.24) is 0 Å². The standard InChI is InChI=1S/C29H25N3O2S/c1-19-12-13-20(2)24(16-19)31-29(34)30-22-14-15-27-25(17-22)32(18-21-8-4-3-5-9-21)28(33)23-10-6-7-11-26(23)35-27/h3-17H,18H2,1-2H3,(H2,30,31,34). The average molecular weight is 480 g/mol. The number of hydrogen-bond acceptors (Lipinski definition) is 3. The smallest absolute Gasteiger partial charge is 0.308 e. The third-order valence-corrected chi connectivity index (χ3v) is 7.06. The van der Waals surface area contributed by atoms with Crippen molar-refractivity contribution in [3.63, 3.8) is 0 Å². The fourth-order valence-corrected chi connectivity index (χ4v) is 5.13. The molecule has 2 N–H and O–H groups in total. The van der Waals surface area contributed by atoms with Gasteiger partial charge in [0.2, 0.25) is 0 Å². The summed E-state index contributed by atoms with van der Waals surface area (Å²) in [5.41, 5.74) is 5.91. The van der Waals surface area contributed by atoms with E-state index >= 15 is 0 Å². The Morgan fingerprint density at radius 1 is 0.829 bits per heavy atom. The molecule has 4 aromatic rings. The fraction of sp³-hybridized carbons (Fsp3) is 0.103. The quantitative estimate of drug-likeness (QED) is 0.324. The van der Waals surface area contributed by atoms with Crippen molar-refractivity contribution in [3.8, 4) is 0 Å². The highest BCUT2D eigenvalue weighted by molar-refractivity contribution is 7.99. The first-order valence-corrected chi connectivity index (χ1v) is 12.2. The molecule has 0 fully saturated rings. The molecule has 1 aliphatic heterocycles. The van der Waals surface area contributed by atoms with E-state index in [1.807, 2.05) is 105 Å². The second-order valence-electron chi connectivity index (χ2n) is 8.56. The maximum atomic E-state index is 13.7. The summed E-state index contributed by atoms with van der Waals surface area (Å²) in [4.78, 5) is 30.1. The Kier molecular flexibility index (Phi) is 6.29. The first-order valence-electron chi connectivity index (χ1n) is 11.4. The number of amides is 3. The summed E-state index contributed by atoms with van der Waals surface area (Å²) < 4.78 is 0. The molecule has 0 radical (unpaired) electrons. The maximum Gasteiger partial charge on any atom is 0.323 e. The van der Waals surface area contributed by atoms with E-state index in [-0.39, 0.29) is 11.9 Å². The second kappa shape index (κ2) is 9.68. The molecule has 4 aromatic carbocycles. The van der Waals surface area contributed by atoms with Crippen molar-refractivity contribution in [1.29, 1.82) is 0 Å². The molecule has 0 atom stereocenters. The van der Waals surface area contributed by atoms with E-state index in [0.29, 0.717) is 17.8 Å². The molecule has 3 amide bonds. The van der Waals surface area contributed by atoms with Crippen LogP contribution in [0.15, 0.2) is 101 Å². The summed E-state index contributed by atoms with van der Waals surface area (Å²) in [5, 5.41) is 5.86. The lowest BCUT2D eigenvalue weighted by Crippen LogP contribution is -2.30. The number of nitrogens with one attached hydrogen (secondary N) is 2. The zero-order chi connectivity index (χ0) is 24.4. The Balaban J connectivity index is 1.47. The highest BCUT2D eigenvalue weighted by Crippen LogP contribution is 2.43. The molecule has 6 heteroatoms. The van der Waals surface area contributed by atoms with Gasteiger partial charge in [-0.15, -0.1) is 0 Å². The lowest BCUT2D eigenvalue weighted by atomic mass is 10.1. The number of carbonyl (C=O) groups excluding carboxylic acids is 2. The topological polar surface area (TPSA) is 61.4 Å². The summed E-state index contributed by atoms with van der Waals surface area (Å²) in [6.45, 7) is 4.38. The molecule has 174 valence electrons. The largest absolute Gasteiger partial charge is 0.323 e. The molecular formula is C29H25N3O2S. The molecule has 0 aliphatic carbocycles. The number of carbonyl (C=O) groups is 2. The van der Waals surface area contributed by atoms with Crippen LogP contribution in [0.2, 0.25) is 0 Å². The van der Waals surface area contributed by atoms with E-state index in [2.05, 4.69) is 10.6 Å². The summed E-state index contributed by atoms with van der Waals surface area (Å²) in [6, 6.07) is 28.9. The van der Waals surface area contributed by atoms with Crippen LogP contribution in [0.25, 0.3) is 0 Å². The van der Waals surface area contributed by atoms with Gasteiger partial charge < -0.3 is 15.5 Å². The van der Waals surface area contributed by atoms with Crippen molar-refractivity contribution < 1.29 is 9.59 Å². The van der Waals surface area contributed by atoms with Gasteiger partial charge in [0.1, 0.15) is 0 Å². The van der Waals surface area contributed by atoms with Gasteiger partial charge >= 0.3 is 6.03 Å². The Bertz CT molecular complexity index is 1420. The number of aryl methyl sites for hydroxylation is 2. The van der Waals surface area contributed by atoms with E-state index in [9.17, 15) is 9.59 Å². The molecule has 0 aromatic heterocycles. The van der Waals surface area contributed by atoms with E-state index in [1.54, 1.807) is 16.7 Å². The fourth-order valence-electron chi connectivity index (χ4n) is 4.08. The molecule has 0 saturated heterocycles. The minimum atomic E-state index is -0.329. The van der Waals surface area contributed by atoms with Crippen molar-refractivity contribution in [2.24, 2.45) is 0 Å². The summed E-state index contributed by atoms with van der Waals surface area (Å²) in [7, 11) is 0. The molecule has 5 rings (SSSR count). The monoisotopic (exact) mass is 479 g/mol. The minimum absolute atomic E-state index is 0.0623. The lowest BCUT2D eigenvalue weighted by molar-refractivity contribution is 0.0982. The highest BCUT2D eigenvalue weighted by atomic mass is 32.2. The van der Waals surface area contributed by atoms with Crippen LogP contribution in [0.3, 0.4) is 0 Å². The molecule has 1 aliphatic rings. The van der Waals surface area contributed by atoms with Gasteiger partial charge in [-0.3, -0.25) is 4.79 Å². The van der Waals surface area contributed by atoms with Gasteiger partial charge in [-0.05, 0) is 66.9 Å². The number of nitrogens with zero attached hydrogens (tertiary/aromatic N) is 1. The molecule has 0 saturated carbocycles. The molecule has 1 heterocycles. The van der Waals surface area contributed by atoms with Crippen LogP contribution in [-0.2, 0) is 6.54 Å². The minimum Gasteiger partial charge on any atom is -0.308 e. The molecule has 35 heavy (non-hydrogen) atoms. The van der Waals surface area contributed by atoms with Crippen LogP contribution in [0, 0.1) is 13.8 Å². The predicted octanol–water partition coefficient (Wildman–Crippen LogP) is 7.26. The maximum absolute atomic E-state index is 13.7. The second-order valence-corrected chi connectivity index (χ2v) is 9.64. The Labute approximate surface area is 209 Å². The van der Waals surface area contributed by atoms with Gasteiger partial charge in [-0.1, -0.05) is 66.4 Å². The van der Waals surface area contributed by atoms with Crippen LogP contribution < -0.4 is 15.5 Å². The van der Waals surface area contributed by atoms with E-state index in [4.69, 9.17) is 0 Å². The number of anilines is 3. The van der Waals surface area contributed by atoms with Crippen molar-refractivity contribution >= 4 is 40.8 Å². The van der Waals surface area contributed by atoms with Gasteiger partial charge in [0.25, 0.3) is 5.91 Å². The molecular weight excluding hydrogens is 454 g/mol. The number of fused-ring (bicyclic) bond motifs is 2. The van der Waals surface area contributed by atoms with E-state index in [1.165, 1.54) is 0 Å². The lowest BCUT2D eigenvalue weighted by Gasteiger charge is -2.24. The normalized spacial score (nSPS) is 12.4. The highest BCUT2D eigenvalue weighted by Gasteiger charge is 2.27. The van der Waals surface area contributed by atoms with E-state index < -0.39 is 0 Å². The zero-order valence-corrected chi connectivity index (χ0v) is 20.4. The summed E-state index contributed by atoms with van der Waals surface area (Å²) in [5.74, 6) is -0.0623. The number of urea groups is 1. The van der Waals surface area contributed by atoms with Crippen LogP contribution >= 0.6 is 11.8 Å². The van der Waals surface area contributed by atoms with Gasteiger partial charge in [0, 0.05) is 21.2 Å². The van der Waals surface area contributed by atoms with E-state index in [0.717, 1.165) is 37.9 Å². The zero-order valence-electron chi connectivity index (χ0n) is 19.5. The first kappa shape index (κ1) is 22.7. The predicted molar refractivity (Wildman–Crippen MR) is 143 cm³/mol. The third kappa shape index (κ3) is 4.93. The van der Waals surface area contributed by atoms with Crippen molar-refractivity contribution in [2.45, 2.75) is 30.2 Å². The van der Waals surface area contributed by atoms with Crippen molar-refractivity contribution in [2.75, 3.05) is 15.5 Å². The summed E-state index contributed by atoms with van der Waals surface area (Å²) in [6.07, 6.45) is 0. The van der Waals surface area contributed by atoms with Gasteiger partial charge in [0.05, 0.1) is 17.8 Å². The Morgan fingerprint density at radius 3 is 2.43 bits per heavy atom. The van der Waals surface area contributed by atoms with Crippen molar-refractivity contribution in [3.05, 3.63) is 113 Å².